The average Bonchev–Trinajstić information content (AvgIpc) is 2.83. The van der Waals surface area contributed by atoms with Gasteiger partial charge in [-0.15, -0.1) is 0 Å². The first kappa shape index (κ1) is 10.7. The van der Waals surface area contributed by atoms with Crippen molar-refractivity contribution >= 4 is 5.88 Å². The molecule has 0 aliphatic carbocycles. The highest BCUT2D eigenvalue weighted by atomic mass is 16.3. The van der Waals surface area contributed by atoms with E-state index in [1.54, 1.807) is 6.26 Å². The number of furan rings is 1. The normalized spacial score (nSPS) is 10.4. The van der Waals surface area contributed by atoms with Crippen LogP contribution in [0, 0.1) is 0 Å². The van der Waals surface area contributed by atoms with Gasteiger partial charge in [-0.05, 0) is 11.1 Å². The van der Waals surface area contributed by atoms with E-state index in [0.29, 0.717) is 5.88 Å². The van der Waals surface area contributed by atoms with Crippen LogP contribution < -0.4 is 5.73 Å². The largest absolute Gasteiger partial charge is 0.448 e. The zero-order valence-electron chi connectivity index (χ0n) is 9.84. The van der Waals surface area contributed by atoms with Crippen molar-refractivity contribution in [2.45, 2.75) is 0 Å². The molecule has 2 nitrogen and oxygen atoms in total. The van der Waals surface area contributed by atoms with Crippen molar-refractivity contribution in [2.24, 2.45) is 0 Å². The molecule has 0 saturated carbocycles. The fourth-order valence-electron chi connectivity index (χ4n) is 2.11. The van der Waals surface area contributed by atoms with E-state index in [9.17, 15) is 0 Å². The zero-order chi connectivity index (χ0) is 12.4. The summed E-state index contributed by atoms with van der Waals surface area (Å²) in [6.45, 7) is 0. The van der Waals surface area contributed by atoms with Crippen molar-refractivity contribution in [2.75, 3.05) is 5.73 Å². The first-order chi connectivity index (χ1) is 8.86. The Morgan fingerprint density at radius 2 is 1.28 bits per heavy atom. The predicted octanol–water partition coefficient (Wildman–Crippen LogP) is 4.20. The van der Waals surface area contributed by atoms with Crippen molar-refractivity contribution in [3.05, 3.63) is 66.9 Å². The van der Waals surface area contributed by atoms with Crippen LogP contribution in [0.15, 0.2) is 71.3 Å². The molecule has 0 atom stereocenters. The van der Waals surface area contributed by atoms with E-state index in [4.69, 9.17) is 10.2 Å². The smallest absolute Gasteiger partial charge is 0.198 e. The monoisotopic (exact) mass is 235 g/mol. The molecule has 3 aromatic rings. The lowest BCUT2D eigenvalue weighted by Crippen LogP contribution is -1.86. The summed E-state index contributed by atoms with van der Waals surface area (Å²) in [5, 5.41) is 0. The fraction of sp³-hybridized carbons (Fsp3) is 0. The van der Waals surface area contributed by atoms with E-state index >= 15 is 0 Å². The molecule has 88 valence electrons. The van der Waals surface area contributed by atoms with E-state index in [0.717, 1.165) is 22.3 Å². The number of hydrogen-bond acceptors (Lipinski definition) is 2. The van der Waals surface area contributed by atoms with Gasteiger partial charge in [-0.1, -0.05) is 60.7 Å². The van der Waals surface area contributed by atoms with E-state index < -0.39 is 0 Å². The molecule has 2 N–H and O–H groups in total. The zero-order valence-corrected chi connectivity index (χ0v) is 9.84. The number of anilines is 1. The Morgan fingerprint density at radius 3 is 1.89 bits per heavy atom. The molecular weight excluding hydrogens is 222 g/mol. The lowest BCUT2D eigenvalue weighted by Gasteiger charge is -2.04. The number of benzene rings is 2. The van der Waals surface area contributed by atoms with Gasteiger partial charge < -0.3 is 10.2 Å². The van der Waals surface area contributed by atoms with Crippen molar-refractivity contribution in [1.29, 1.82) is 0 Å². The van der Waals surface area contributed by atoms with Gasteiger partial charge in [0.1, 0.15) is 6.26 Å². The van der Waals surface area contributed by atoms with Gasteiger partial charge in [0, 0.05) is 5.56 Å². The first-order valence-electron chi connectivity index (χ1n) is 5.84. The van der Waals surface area contributed by atoms with Gasteiger partial charge in [0.25, 0.3) is 0 Å². The molecule has 0 amide bonds. The van der Waals surface area contributed by atoms with E-state index in [1.807, 2.05) is 48.5 Å². The molecule has 0 aliphatic heterocycles. The highest BCUT2D eigenvalue weighted by Gasteiger charge is 2.14. The van der Waals surface area contributed by atoms with Crippen LogP contribution in [0.1, 0.15) is 0 Å². The second-order valence-corrected chi connectivity index (χ2v) is 4.12. The minimum atomic E-state index is 0.458. The summed E-state index contributed by atoms with van der Waals surface area (Å²) >= 11 is 0. The Kier molecular flexibility index (Phi) is 2.61. The summed E-state index contributed by atoms with van der Waals surface area (Å²) in [4.78, 5) is 0. The van der Waals surface area contributed by atoms with Crippen LogP contribution in [0.2, 0.25) is 0 Å². The average molecular weight is 235 g/mol. The van der Waals surface area contributed by atoms with Gasteiger partial charge in [0.2, 0.25) is 0 Å². The summed E-state index contributed by atoms with van der Waals surface area (Å²) in [7, 11) is 0. The van der Waals surface area contributed by atoms with Crippen LogP contribution in [0.5, 0.6) is 0 Å². The summed E-state index contributed by atoms with van der Waals surface area (Å²) in [6.07, 6.45) is 1.72. The Bertz CT molecular complexity index is 641. The molecule has 18 heavy (non-hydrogen) atoms. The van der Waals surface area contributed by atoms with Crippen molar-refractivity contribution < 1.29 is 4.42 Å². The van der Waals surface area contributed by atoms with Gasteiger partial charge >= 0.3 is 0 Å². The van der Waals surface area contributed by atoms with Crippen molar-refractivity contribution in [1.82, 2.24) is 0 Å². The summed E-state index contributed by atoms with van der Waals surface area (Å²) in [5.41, 5.74) is 10.1. The number of nitrogen functional groups attached to an aromatic ring is 1. The van der Waals surface area contributed by atoms with Crippen LogP contribution in [0.4, 0.5) is 5.88 Å². The van der Waals surface area contributed by atoms with Gasteiger partial charge in [-0.2, -0.15) is 0 Å². The van der Waals surface area contributed by atoms with Crippen molar-refractivity contribution in [3.63, 3.8) is 0 Å². The van der Waals surface area contributed by atoms with Gasteiger partial charge in [0.15, 0.2) is 5.88 Å². The van der Waals surface area contributed by atoms with Crippen LogP contribution >= 0.6 is 0 Å². The molecule has 0 radical (unpaired) electrons. The molecule has 3 rings (SSSR count). The molecule has 2 heteroatoms. The summed E-state index contributed by atoms with van der Waals surface area (Å²) < 4.78 is 5.38. The minimum Gasteiger partial charge on any atom is -0.448 e. The number of hydrogen-bond donors (Lipinski definition) is 1. The molecule has 0 unspecified atom stereocenters. The quantitative estimate of drug-likeness (QED) is 0.723. The summed E-state index contributed by atoms with van der Waals surface area (Å²) in [6, 6.07) is 20.2. The lowest BCUT2D eigenvalue weighted by atomic mass is 9.98. The molecule has 0 fully saturated rings. The second kappa shape index (κ2) is 4.41. The third kappa shape index (κ3) is 1.78. The Balaban J connectivity index is 2.19. The van der Waals surface area contributed by atoms with Crippen LogP contribution in [0.25, 0.3) is 22.3 Å². The third-order valence-electron chi connectivity index (χ3n) is 2.97. The van der Waals surface area contributed by atoms with Crippen LogP contribution in [-0.2, 0) is 0 Å². The first-order valence-corrected chi connectivity index (χ1v) is 5.84. The second-order valence-electron chi connectivity index (χ2n) is 4.12. The SMILES string of the molecule is Nc1occ(-c2ccccc2)c1-c1ccccc1. The molecule has 0 aliphatic rings. The lowest BCUT2D eigenvalue weighted by molar-refractivity contribution is 0.589. The molecule has 1 aromatic heterocycles. The van der Waals surface area contributed by atoms with Gasteiger partial charge in [0.05, 0.1) is 5.56 Å². The maximum atomic E-state index is 5.94. The Hall–Kier alpha value is -2.48. The fourth-order valence-corrected chi connectivity index (χ4v) is 2.11. The maximum Gasteiger partial charge on any atom is 0.198 e. The van der Waals surface area contributed by atoms with Crippen LogP contribution in [-0.4, -0.2) is 0 Å². The predicted molar refractivity (Wildman–Crippen MR) is 74.0 cm³/mol. The van der Waals surface area contributed by atoms with E-state index in [-0.39, 0.29) is 0 Å². The standard InChI is InChI=1S/C16H13NO/c17-16-15(13-9-5-2-6-10-13)14(11-18-16)12-7-3-1-4-8-12/h1-11H,17H2. The molecule has 0 saturated heterocycles. The molecule has 2 aromatic carbocycles. The van der Waals surface area contributed by atoms with Gasteiger partial charge in [-0.25, -0.2) is 0 Å². The van der Waals surface area contributed by atoms with Crippen LogP contribution in [0.3, 0.4) is 0 Å². The number of nitrogens with two attached hydrogens (primary N) is 1. The summed E-state index contributed by atoms with van der Waals surface area (Å²) in [5.74, 6) is 0.458. The molecule has 1 heterocycles. The van der Waals surface area contributed by atoms with Gasteiger partial charge in [-0.3, -0.25) is 0 Å². The number of rotatable bonds is 2. The highest BCUT2D eigenvalue weighted by Crippen LogP contribution is 2.37. The Morgan fingerprint density at radius 1 is 0.722 bits per heavy atom. The Labute approximate surface area is 106 Å². The molecular formula is C16H13NO. The van der Waals surface area contributed by atoms with E-state index in [1.165, 1.54) is 0 Å². The van der Waals surface area contributed by atoms with E-state index in [2.05, 4.69) is 12.1 Å². The van der Waals surface area contributed by atoms with Crippen molar-refractivity contribution in [3.8, 4) is 22.3 Å². The highest BCUT2D eigenvalue weighted by molar-refractivity contribution is 5.89. The topological polar surface area (TPSA) is 39.2 Å². The molecule has 0 bridgehead atoms. The third-order valence-corrected chi connectivity index (χ3v) is 2.97. The maximum absolute atomic E-state index is 5.94. The molecule has 0 spiro atoms. The minimum absolute atomic E-state index is 0.458.